The summed E-state index contributed by atoms with van der Waals surface area (Å²) in [5, 5.41) is 3.31. The SMILES string of the molecule is CNC1CCCN(CC(C)(C)C(=O)OC)C1. The molecule has 0 aromatic heterocycles. The topological polar surface area (TPSA) is 41.6 Å². The zero-order chi connectivity index (χ0) is 12.2. The Morgan fingerprint density at radius 3 is 2.81 bits per heavy atom. The highest BCUT2D eigenvalue weighted by Crippen LogP contribution is 2.21. The molecular weight excluding hydrogens is 204 g/mol. The minimum Gasteiger partial charge on any atom is -0.469 e. The maximum atomic E-state index is 11.6. The number of likely N-dealkylation sites (tertiary alicyclic amines) is 1. The van der Waals surface area contributed by atoms with E-state index in [9.17, 15) is 4.79 Å². The number of piperidine rings is 1. The highest BCUT2D eigenvalue weighted by atomic mass is 16.5. The van der Waals surface area contributed by atoms with Crippen LogP contribution in [0.1, 0.15) is 26.7 Å². The fourth-order valence-corrected chi connectivity index (χ4v) is 2.33. The van der Waals surface area contributed by atoms with Crippen molar-refractivity contribution in [2.24, 2.45) is 5.41 Å². The second-order valence-electron chi connectivity index (χ2n) is 5.24. The molecule has 0 amide bonds. The molecule has 0 radical (unpaired) electrons. The molecular formula is C12H24N2O2. The molecule has 0 aromatic carbocycles. The van der Waals surface area contributed by atoms with E-state index in [-0.39, 0.29) is 5.97 Å². The molecule has 1 N–H and O–H groups in total. The van der Waals surface area contributed by atoms with Crippen LogP contribution in [0.5, 0.6) is 0 Å². The zero-order valence-corrected chi connectivity index (χ0v) is 10.9. The summed E-state index contributed by atoms with van der Waals surface area (Å²) in [6, 6.07) is 0.558. The van der Waals surface area contributed by atoms with Gasteiger partial charge in [-0.25, -0.2) is 0 Å². The summed E-state index contributed by atoms with van der Waals surface area (Å²) in [5.74, 6) is -0.126. The highest BCUT2D eigenvalue weighted by molar-refractivity contribution is 5.76. The first-order chi connectivity index (χ1) is 7.49. The number of methoxy groups -OCH3 is 1. The molecule has 1 aliphatic rings. The van der Waals surface area contributed by atoms with Crippen molar-refractivity contribution >= 4 is 5.97 Å². The average molecular weight is 228 g/mol. The highest BCUT2D eigenvalue weighted by Gasteiger charge is 2.32. The molecule has 1 fully saturated rings. The molecule has 1 rings (SSSR count). The molecule has 4 nitrogen and oxygen atoms in total. The standard InChI is InChI=1S/C12H24N2O2/c1-12(2,11(15)16-4)9-14-7-5-6-10(8-14)13-3/h10,13H,5-9H2,1-4H3. The Balaban J connectivity index is 2.49. The van der Waals surface area contributed by atoms with Crippen LogP contribution in [-0.4, -0.2) is 50.7 Å². The van der Waals surface area contributed by atoms with Gasteiger partial charge in [-0.1, -0.05) is 0 Å². The fraction of sp³-hybridized carbons (Fsp3) is 0.917. The minimum absolute atomic E-state index is 0.126. The van der Waals surface area contributed by atoms with Crippen molar-refractivity contribution in [3.63, 3.8) is 0 Å². The summed E-state index contributed by atoms with van der Waals surface area (Å²) < 4.78 is 4.83. The van der Waals surface area contributed by atoms with E-state index in [1.54, 1.807) is 0 Å². The zero-order valence-electron chi connectivity index (χ0n) is 10.9. The van der Waals surface area contributed by atoms with Gasteiger partial charge in [0.1, 0.15) is 0 Å². The van der Waals surface area contributed by atoms with E-state index in [0.717, 1.165) is 19.6 Å². The molecule has 1 unspecified atom stereocenters. The van der Waals surface area contributed by atoms with E-state index in [0.29, 0.717) is 6.04 Å². The van der Waals surface area contributed by atoms with Crippen molar-refractivity contribution in [3.05, 3.63) is 0 Å². The lowest BCUT2D eigenvalue weighted by molar-refractivity contribution is -0.152. The van der Waals surface area contributed by atoms with Crippen LogP contribution in [0, 0.1) is 5.41 Å². The van der Waals surface area contributed by atoms with Crippen LogP contribution in [-0.2, 0) is 9.53 Å². The van der Waals surface area contributed by atoms with Crippen molar-refractivity contribution in [2.45, 2.75) is 32.7 Å². The van der Waals surface area contributed by atoms with Gasteiger partial charge in [0.05, 0.1) is 12.5 Å². The lowest BCUT2D eigenvalue weighted by atomic mass is 9.91. The van der Waals surface area contributed by atoms with Gasteiger partial charge in [-0.15, -0.1) is 0 Å². The molecule has 16 heavy (non-hydrogen) atoms. The maximum Gasteiger partial charge on any atom is 0.312 e. The largest absolute Gasteiger partial charge is 0.469 e. The Morgan fingerprint density at radius 1 is 1.56 bits per heavy atom. The quantitative estimate of drug-likeness (QED) is 0.725. The summed E-state index contributed by atoms with van der Waals surface area (Å²) in [6.07, 6.45) is 2.43. The lowest BCUT2D eigenvalue weighted by Crippen LogP contribution is -2.49. The normalized spacial score (nSPS) is 23.1. The van der Waals surface area contributed by atoms with Gasteiger partial charge in [-0.3, -0.25) is 4.79 Å². The van der Waals surface area contributed by atoms with Crippen molar-refractivity contribution in [1.82, 2.24) is 10.2 Å². The second kappa shape index (κ2) is 5.64. The van der Waals surface area contributed by atoms with Crippen LogP contribution < -0.4 is 5.32 Å². The summed E-state index contributed by atoms with van der Waals surface area (Å²) in [7, 11) is 3.45. The van der Waals surface area contributed by atoms with Crippen molar-refractivity contribution in [3.8, 4) is 0 Å². The van der Waals surface area contributed by atoms with Crippen LogP contribution in [0.25, 0.3) is 0 Å². The van der Waals surface area contributed by atoms with Crippen LogP contribution >= 0.6 is 0 Å². The Labute approximate surface area is 98.3 Å². The molecule has 0 bridgehead atoms. The Morgan fingerprint density at radius 2 is 2.25 bits per heavy atom. The van der Waals surface area contributed by atoms with Crippen molar-refractivity contribution < 1.29 is 9.53 Å². The summed E-state index contributed by atoms with van der Waals surface area (Å²) in [4.78, 5) is 13.9. The van der Waals surface area contributed by atoms with Gasteiger partial charge in [-0.05, 0) is 40.3 Å². The van der Waals surface area contributed by atoms with Gasteiger partial charge in [0.2, 0.25) is 0 Å². The smallest absolute Gasteiger partial charge is 0.312 e. The predicted octanol–water partition coefficient (Wildman–Crippen LogP) is 0.869. The number of nitrogens with one attached hydrogen (secondary N) is 1. The third kappa shape index (κ3) is 3.46. The summed E-state index contributed by atoms with van der Waals surface area (Å²) in [5.41, 5.74) is -0.412. The average Bonchev–Trinajstić information content (AvgIpc) is 2.27. The number of carbonyl (C=O) groups excluding carboxylic acids is 1. The first-order valence-corrected chi connectivity index (χ1v) is 5.97. The summed E-state index contributed by atoms with van der Waals surface area (Å²) >= 11 is 0. The third-order valence-corrected chi connectivity index (χ3v) is 3.27. The first kappa shape index (κ1) is 13.5. The number of carbonyl (C=O) groups is 1. The molecule has 0 saturated carbocycles. The minimum atomic E-state index is -0.412. The fourth-order valence-electron chi connectivity index (χ4n) is 2.33. The molecule has 1 atom stereocenters. The van der Waals surface area contributed by atoms with Gasteiger partial charge in [0.15, 0.2) is 0 Å². The molecule has 4 heteroatoms. The van der Waals surface area contributed by atoms with Gasteiger partial charge in [-0.2, -0.15) is 0 Å². The van der Waals surface area contributed by atoms with Crippen LogP contribution in [0.3, 0.4) is 0 Å². The third-order valence-electron chi connectivity index (χ3n) is 3.27. The molecule has 1 aliphatic heterocycles. The Hall–Kier alpha value is -0.610. The molecule has 0 aliphatic carbocycles. The number of rotatable bonds is 4. The molecule has 1 heterocycles. The van der Waals surface area contributed by atoms with E-state index in [1.165, 1.54) is 20.0 Å². The summed E-state index contributed by atoms with van der Waals surface area (Å²) in [6.45, 7) is 6.77. The van der Waals surface area contributed by atoms with E-state index in [1.807, 2.05) is 20.9 Å². The van der Waals surface area contributed by atoms with Gasteiger partial charge in [0.25, 0.3) is 0 Å². The predicted molar refractivity (Wildman–Crippen MR) is 64.3 cm³/mol. The maximum absolute atomic E-state index is 11.6. The lowest BCUT2D eigenvalue weighted by Gasteiger charge is -2.36. The number of hydrogen-bond donors (Lipinski definition) is 1. The number of nitrogens with zero attached hydrogens (tertiary/aromatic N) is 1. The first-order valence-electron chi connectivity index (χ1n) is 5.97. The van der Waals surface area contributed by atoms with Crippen molar-refractivity contribution in [1.29, 1.82) is 0 Å². The molecule has 0 aromatic rings. The Kier molecular flexibility index (Phi) is 4.74. The van der Waals surface area contributed by atoms with E-state index in [2.05, 4.69) is 10.2 Å². The Bertz CT molecular complexity index is 241. The number of likely N-dealkylation sites (N-methyl/N-ethyl adjacent to an activating group) is 1. The number of hydrogen-bond acceptors (Lipinski definition) is 4. The van der Waals surface area contributed by atoms with Crippen molar-refractivity contribution in [2.75, 3.05) is 33.8 Å². The van der Waals surface area contributed by atoms with Gasteiger partial charge in [0, 0.05) is 19.1 Å². The van der Waals surface area contributed by atoms with Crippen LogP contribution in [0.15, 0.2) is 0 Å². The second-order valence-corrected chi connectivity index (χ2v) is 5.24. The van der Waals surface area contributed by atoms with Crippen LogP contribution in [0.2, 0.25) is 0 Å². The van der Waals surface area contributed by atoms with Gasteiger partial charge >= 0.3 is 5.97 Å². The molecule has 1 saturated heterocycles. The number of ether oxygens (including phenoxy) is 1. The van der Waals surface area contributed by atoms with E-state index in [4.69, 9.17) is 4.74 Å². The molecule has 0 spiro atoms. The van der Waals surface area contributed by atoms with E-state index < -0.39 is 5.41 Å². The van der Waals surface area contributed by atoms with E-state index >= 15 is 0 Å². The monoisotopic (exact) mass is 228 g/mol. The molecule has 94 valence electrons. The number of esters is 1. The van der Waals surface area contributed by atoms with Gasteiger partial charge < -0.3 is 15.0 Å². The van der Waals surface area contributed by atoms with Crippen LogP contribution in [0.4, 0.5) is 0 Å².